The Hall–Kier alpha value is -3.01. The number of fused-ring (bicyclic) bond motifs is 1. The third-order valence-corrected chi connectivity index (χ3v) is 6.03. The highest BCUT2D eigenvalue weighted by molar-refractivity contribution is 7.16. The Morgan fingerprint density at radius 2 is 1.97 bits per heavy atom. The van der Waals surface area contributed by atoms with Gasteiger partial charge in [-0.3, -0.25) is 14.9 Å². The third kappa shape index (κ3) is 3.62. The van der Waals surface area contributed by atoms with Gasteiger partial charge in [-0.05, 0) is 51.3 Å². The van der Waals surface area contributed by atoms with Crippen LogP contribution in [0.4, 0.5) is 18.3 Å². The van der Waals surface area contributed by atoms with Crippen molar-refractivity contribution in [3.8, 4) is 5.69 Å². The molecule has 0 spiro atoms. The monoisotopic (exact) mass is 434 g/mol. The van der Waals surface area contributed by atoms with Crippen LogP contribution in [0.25, 0.3) is 5.69 Å². The van der Waals surface area contributed by atoms with E-state index < -0.39 is 23.4 Å². The predicted molar refractivity (Wildman–Crippen MR) is 105 cm³/mol. The molecular weight excluding hydrogens is 417 g/mol. The maximum atomic E-state index is 13.0. The number of ketones is 1. The van der Waals surface area contributed by atoms with Crippen molar-refractivity contribution in [3.63, 3.8) is 0 Å². The lowest BCUT2D eigenvalue weighted by atomic mass is 10.1. The normalized spacial score (nSPS) is 13.4. The Morgan fingerprint density at radius 3 is 2.67 bits per heavy atom. The molecule has 0 saturated heterocycles. The molecule has 0 bridgehead atoms. The largest absolute Gasteiger partial charge is 0.416 e. The molecule has 30 heavy (non-hydrogen) atoms. The van der Waals surface area contributed by atoms with Crippen LogP contribution in [0, 0.1) is 13.8 Å². The van der Waals surface area contributed by atoms with E-state index in [0.717, 1.165) is 42.0 Å². The SMILES string of the molecule is Cc1nn(-c2cccc(C(F)(F)F)c2)c(C)c1C(=O)C(=O)Nc1nc2c(s1)CCC2. The lowest BCUT2D eigenvalue weighted by Gasteiger charge is -2.10. The molecule has 1 aliphatic carbocycles. The molecule has 1 aliphatic rings. The Labute approximate surface area is 173 Å². The van der Waals surface area contributed by atoms with Gasteiger partial charge in [0.1, 0.15) is 0 Å². The molecule has 4 rings (SSSR count). The number of nitrogens with one attached hydrogen (secondary N) is 1. The molecule has 10 heteroatoms. The molecule has 2 aromatic heterocycles. The van der Waals surface area contributed by atoms with Crippen molar-refractivity contribution < 1.29 is 22.8 Å². The number of amides is 1. The van der Waals surface area contributed by atoms with Gasteiger partial charge in [0.05, 0.1) is 33.9 Å². The second-order valence-corrected chi connectivity index (χ2v) is 8.12. The topological polar surface area (TPSA) is 76.9 Å². The summed E-state index contributed by atoms with van der Waals surface area (Å²) in [5.41, 5.74) is 0.887. The molecule has 0 unspecified atom stereocenters. The summed E-state index contributed by atoms with van der Waals surface area (Å²) in [6.45, 7) is 3.08. The Bertz CT molecular complexity index is 1140. The molecule has 0 atom stereocenters. The number of thiazole rings is 1. The van der Waals surface area contributed by atoms with E-state index in [1.807, 2.05) is 0 Å². The van der Waals surface area contributed by atoms with Crippen LogP contribution in [-0.2, 0) is 23.8 Å². The number of aromatic nitrogens is 3. The summed E-state index contributed by atoms with van der Waals surface area (Å²) in [5.74, 6) is -1.66. The fourth-order valence-corrected chi connectivity index (χ4v) is 4.59. The number of rotatable bonds is 4. The summed E-state index contributed by atoms with van der Waals surface area (Å²) in [4.78, 5) is 30.7. The Kier molecular flexibility index (Phi) is 4.97. The molecule has 0 fully saturated rings. The van der Waals surface area contributed by atoms with Gasteiger partial charge in [0.2, 0.25) is 0 Å². The predicted octanol–water partition coefficient (Wildman–Crippen LogP) is 4.27. The number of Topliss-reactive ketones (excluding diaryl/α,β-unsaturated/α-hetero) is 1. The summed E-state index contributed by atoms with van der Waals surface area (Å²) in [5, 5.41) is 7.10. The zero-order valence-corrected chi connectivity index (χ0v) is 16.9. The number of hydrogen-bond acceptors (Lipinski definition) is 5. The van der Waals surface area contributed by atoms with Crippen molar-refractivity contribution >= 4 is 28.2 Å². The lowest BCUT2D eigenvalue weighted by molar-refractivity contribution is -0.137. The quantitative estimate of drug-likeness (QED) is 0.491. The first-order chi connectivity index (χ1) is 14.1. The number of benzene rings is 1. The van der Waals surface area contributed by atoms with Crippen molar-refractivity contribution in [1.29, 1.82) is 0 Å². The summed E-state index contributed by atoms with van der Waals surface area (Å²) < 4.78 is 40.3. The smallest absolute Gasteiger partial charge is 0.295 e. The van der Waals surface area contributed by atoms with Gasteiger partial charge in [-0.25, -0.2) is 9.67 Å². The van der Waals surface area contributed by atoms with Crippen LogP contribution >= 0.6 is 11.3 Å². The highest BCUT2D eigenvalue weighted by atomic mass is 32.1. The molecule has 6 nitrogen and oxygen atoms in total. The van der Waals surface area contributed by atoms with Crippen LogP contribution in [0.2, 0.25) is 0 Å². The molecule has 1 N–H and O–H groups in total. The summed E-state index contributed by atoms with van der Waals surface area (Å²) in [6.07, 6.45) is -1.69. The lowest BCUT2D eigenvalue weighted by Crippen LogP contribution is -2.24. The molecule has 0 radical (unpaired) electrons. The number of alkyl halides is 3. The molecule has 0 aliphatic heterocycles. The number of aryl methyl sites for hydroxylation is 3. The van der Waals surface area contributed by atoms with Crippen molar-refractivity contribution in [2.24, 2.45) is 0 Å². The third-order valence-electron chi connectivity index (χ3n) is 4.96. The number of anilines is 1. The van der Waals surface area contributed by atoms with E-state index in [4.69, 9.17) is 0 Å². The van der Waals surface area contributed by atoms with Crippen LogP contribution in [0.5, 0.6) is 0 Å². The fourth-order valence-electron chi connectivity index (χ4n) is 3.55. The fraction of sp³-hybridized carbons (Fsp3) is 0.300. The summed E-state index contributed by atoms with van der Waals surface area (Å²) in [6, 6.07) is 4.63. The molecule has 156 valence electrons. The van der Waals surface area contributed by atoms with Crippen LogP contribution in [-0.4, -0.2) is 26.5 Å². The molecular formula is C20H17F3N4O2S. The van der Waals surface area contributed by atoms with Crippen LogP contribution in [0.15, 0.2) is 24.3 Å². The van der Waals surface area contributed by atoms with Gasteiger partial charge in [0.25, 0.3) is 11.7 Å². The van der Waals surface area contributed by atoms with Crippen molar-refractivity contribution in [1.82, 2.24) is 14.8 Å². The standard InChI is InChI=1S/C20H17F3N4O2S/c1-10-16(17(28)18(29)25-19-24-14-7-4-8-15(14)30-19)11(2)27(26-10)13-6-3-5-12(9-13)20(21,22)23/h3,5-6,9H,4,7-8H2,1-2H3,(H,24,25,29). The second kappa shape index (κ2) is 7.35. The Balaban J connectivity index is 1.61. The number of carbonyl (C=O) groups excluding carboxylic acids is 2. The first-order valence-corrected chi connectivity index (χ1v) is 10.0. The van der Waals surface area contributed by atoms with Crippen LogP contribution in [0.3, 0.4) is 0 Å². The Morgan fingerprint density at radius 1 is 1.20 bits per heavy atom. The first-order valence-electron chi connectivity index (χ1n) is 9.23. The van der Waals surface area contributed by atoms with Gasteiger partial charge in [0.15, 0.2) is 5.13 Å². The molecule has 2 heterocycles. The van der Waals surface area contributed by atoms with Crippen molar-refractivity contribution in [2.45, 2.75) is 39.3 Å². The van der Waals surface area contributed by atoms with Gasteiger partial charge in [-0.2, -0.15) is 18.3 Å². The van der Waals surface area contributed by atoms with Crippen molar-refractivity contribution in [2.75, 3.05) is 5.32 Å². The van der Waals surface area contributed by atoms with E-state index >= 15 is 0 Å². The van der Waals surface area contributed by atoms with Crippen LogP contribution in [0.1, 0.15) is 44.3 Å². The second-order valence-electron chi connectivity index (χ2n) is 7.03. The highest BCUT2D eigenvalue weighted by Crippen LogP contribution is 2.32. The number of halogens is 3. The minimum absolute atomic E-state index is 0.0639. The highest BCUT2D eigenvalue weighted by Gasteiger charge is 2.31. The molecule has 3 aromatic rings. The van der Waals surface area contributed by atoms with E-state index in [9.17, 15) is 22.8 Å². The average molecular weight is 434 g/mol. The zero-order chi connectivity index (χ0) is 21.6. The number of hydrogen-bond donors (Lipinski definition) is 1. The maximum absolute atomic E-state index is 13.0. The summed E-state index contributed by atoms with van der Waals surface area (Å²) in [7, 11) is 0. The van der Waals surface area contributed by atoms with E-state index in [0.29, 0.717) is 5.13 Å². The zero-order valence-electron chi connectivity index (χ0n) is 16.1. The van der Waals surface area contributed by atoms with E-state index in [2.05, 4.69) is 15.4 Å². The number of carbonyl (C=O) groups is 2. The summed E-state index contributed by atoms with van der Waals surface area (Å²) >= 11 is 1.35. The van der Waals surface area contributed by atoms with E-state index in [1.165, 1.54) is 35.1 Å². The van der Waals surface area contributed by atoms with Crippen LogP contribution < -0.4 is 5.32 Å². The van der Waals surface area contributed by atoms with Gasteiger partial charge < -0.3 is 0 Å². The number of nitrogens with zero attached hydrogens (tertiary/aromatic N) is 3. The average Bonchev–Trinajstić information content (AvgIpc) is 3.34. The van der Waals surface area contributed by atoms with E-state index in [1.54, 1.807) is 6.92 Å². The van der Waals surface area contributed by atoms with E-state index in [-0.39, 0.29) is 22.6 Å². The maximum Gasteiger partial charge on any atom is 0.416 e. The minimum atomic E-state index is -4.50. The van der Waals surface area contributed by atoms with Gasteiger partial charge in [-0.15, -0.1) is 11.3 Å². The first kappa shape index (κ1) is 20.3. The van der Waals surface area contributed by atoms with Gasteiger partial charge >= 0.3 is 6.18 Å². The minimum Gasteiger partial charge on any atom is -0.295 e. The molecule has 1 amide bonds. The van der Waals surface area contributed by atoms with Gasteiger partial charge in [0, 0.05) is 4.88 Å². The van der Waals surface area contributed by atoms with Gasteiger partial charge in [-0.1, -0.05) is 6.07 Å². The molecule has 1 aromatic carbocycles. The van der Waals surface area contributed by atoms with Crippen molar-refractivity contribution in [3.05, 3.63) is 57.4 Å². The molecule has 0 saturated carbocycles.